The van der Waals surface area contributed by atoms with Crippen molar-refractivity contribution in [1.82, 2.24) is 14.3 Å². The number of carbonyl (C=O) groups is 1. The first kappa shape index (κ1) is 15.8. The predicted octanol–water partition coefficient (Wildman–Crippen LogP) is 2.40. The number of benzene rings is 1. The number of anilines is 1. The molecule has 2 heterocycles. The van der Waals surface area contributed by atoms with Crippen LogP contribution in [0, 0.1) is 25.5 Å². The molecule has 0 unspecified atom stereocenters. The number of halogens is 2. The van der Waals surface area contributed by atoms with Crippen LogP contribution in [0.1, 0.15) is 21.7 Å². The molecule has 8 heteroatoms. The molecule has 1 saturated heterocycles. The minimum absolute atomic E-state index is 0.190. The lowest BCUT2D eigenvalue weighted by Crippen LogP contribution is -2.49. The zero-order chi connectivity index (χ0) is 16.6. The van der Waals surface area contributed by atoms with Gasteiger partial charge in [0.15, 0.2) is 0 Å². The molecule has 122 valence electrons. The summed E-state index contributed by atoms with van der Waals surface area (Å²) in [5.41, 5.74) is -0.0242. The van der Waals surface area contributed by atoms with Crippen LogP contribution in [-0.2, 0) is 0 Å². The summed E-state index contributed by atoms with van der Waals surface area (Å²) in [6.45, 7) is 5.36. The van der Waals surface area contributed by atoms with Crippen molar-refractivity contribution in [2.45, 2.75) is 13.8 Å². The molecule has 1 aliphatic heterocycles. The molecule has 5 nitrogen and oxygen atoms in total. The molecule has 0 aliphatic carbocycles. The fourth-order valence-electron chi connectivity index (χ4n) is 2.50. The molecule has 1 aliphatic rings. The lowest BCUT2D eigenvalue weighted by molar-refractivity contribution is 0.0741. The molecule has 3 rings (SSSR count). The fraction of sp³-hybridized carbons (Fsp3) is 0.400. The van der Waals surface area contributed by atoms with Crippen LogP contribution < -0.4 is 4.90 Å². The van der Waals surface area contributed by atoms with Crippen molar-refractivity contribution in [2.75, 3.05) is 31.1 Å². The van der Waals surface area contributed by atoms with Gasteiger partial charge in [-0.05, 0) is 31.5 Å². The first-order valence-electron chi connectivity index (χ1n) is 7.26. The first-order valence-corrected chi connectivity index (χ1v) is 8.03. The van der Waals surface area contributed by atoms with E-state index in [9.17, 15) is 13.6 Å². The van der Waals surface area contributed by atoms with Gasteiger partial charge < -0.3 is 9.80 Å². The van der Waals surface area contributed by atoms with Gasteiger partial charge in [0.25, 0.3) is 5.91 Å². The molecule has 1 aromatic heterocycles. The van der Waals surface area contributed by atoms with Crippen molar-refractivity contribution >= 4 is 22.6 Å². The fourth-order valence-corrected chi connectivity index (χ4v) is 3.22. The number of aromatic nitrogens is 2. The highest BCUT2D eigenvalue weighted by Gasteiger charge is 2.26. The number of hydrogen-bond donors (Lipinski definition) is 0. The summed E-state index contributed by atoms with van der Waals surface area (Å²) in [4.78, 5) is 20.3. The number of aryl methyl sites for hydroxylation is 2. The van der Waals surface area contributed by atoms with Crippen LogP contribution in [0.25, 0.3) is 0 Å². The first-order chi connectivity index (χ1) is 11.0. The topological polar surface area (TPSA) is 49.3 Å². The maximum atomic E-state index is 13.9. The van der Waals surface area contributed by atoms with E-state index in [1.54, 1.807) is 0 Å². The van der Waals surface area contributed by atoms with Crippen molar-refractivity contribution in [3.63, 3.8) is 0 Å². The summed E-state index contributed by atoms with van der Waals surface area (Å²) in [7, 11) is 0. The van der Waals surface area contributed by atoms with Gasteiger partial charge in [-0.2, -0.15) is 4.37 Å². The van der Waals surface area contributed by atoms with Crippen LogP contribution in [0.4, 0.5) is 13.9 Å². The number of hydrogen-bond acceptors (Lipinski definition) is 5. The maximum absolute atomic E-state index is 13.9. The molecule has 1 amide bonds. The lowest BCUT2D eigenvalue weighted by atomic mass is 10.1. The summed E-state index contributed by atoms with van der Waals surface area (Å²) < 4.78 is 31.7. The molecular weight excluding hydrogens is 322 g/mol. The Balaban J connectivity index is 1.70. The zero-order valence-corrected chi connectivity index (χ0v) is 13.7. The van der Waals surface area contributed by atoms with E-state index in [-0.39, 0.29) is 11.1 Å². The normalized spacial score (nSPS) is 15.1. The van der Waals surface area contributed by atoms with Crippen molar-refractivity contribution in [3.05, 3.63) is 40.7 Å². The van der Waals surface area contributed by atoms with E-state index in [4.69, 9.17) is 0 Å². The average Bonchev–Trinajstić information content (AvgIpc) is 2.97. The largest absolute Gasteiger partial charge is 0.343 e. The van der Waals surface area contributed by atoms with Crippen molar-refractivity contribution in [2.24, 2.45) is 0 Å². The average molecular weight is 338 g/mol. The summed E-state index contributed by atoms with van der Waals surface area (Å²) in [6, 6.07) is 2.04. The third-order valence-corrected chi connectivity index (χ3v) is 4.70. The van der Waals surface area contributed by atoms with Crippen LogP contribution in [0.5, 0.6) is 0 Å². The molecule has 23 heavy (non-hydrogen) atoms. The summed E-state index contributed by atoms with van der Waals surface area (Å²) >= 11 is 1.32. The summed E-state index contributed by atoms with van der Waals surface area (Å²) in [6.07, 6.45) is 0. The lowest BCUT2D eigenvalue weighted by Gasteiger charge is -2.34. The predicted molar refractivity (Wildman–Crippen MR) is 83.9 cm³/mol. The van der Waals surface area contributed by atoms with E-state index < -0.39 is 17.5 Å². The number of amides is 1. The Labute approximate surface area is 136 Å². The Morgan fingerprint density at radius 1 is 1.13 bits per heavy atom. The minimum atomic E-state index is -0.684. The molecule has 0 atom stereocenters. The van der Waals surface area contributed by atoms with Gasteiger partial charge in [0.2, 0.25) is 5.13 Å². The van der Waals surface area contributed by atoms with Gasteiger partial charge in [0, 0.05) is 37.7 Å². The quantitative estimate of drug-likeness (QED) is 0.844. The van der Waals surface area contributed by atoms with E-state index in [1.807, 2.05) is 11.8 Å². The SMILES string of the molecule is Cc1nsc(N2CCN(C(=O)c3cc(F)c(C)cc3F)CC2)n1. The second-order valence-electron chi connectivity index (χ2n) is 5.48. The summed E-state index contributed by atoms with van der Waals surface area (Å²) in [5, 5.41) is 0.821. The Morgan fingerprint density at radius 3 is 2.43 bits per heavy atom. The number of carbonyl (C=O) groups excluding carboxylic acids is 1. The standard InChI is InChI=1S/C15H16F2N4OS/c1-9-7-13(17)11(8-12(9)16)14(22)20-3-5-21(6-4-20)15-18-10(2)19-23-15/h7-8H,3-6H2,1-2H3. The third kappa shape index (κ3) is 3.17. The molecule has 0 N–H and O–H groups in total. The number of nitrogens with zero attached hydrogens (tertiary/aromatic N) is 4. The Morgan fingerprint density at radius 2 is 1.83 bits per heavy atom. The Hall–Kier alpha value is -2.09. The van der Waals surface area contributed by atoms with Crippen LogP contribution in [-0.4, -0.2) is 46.3 Å². The molecule has 2 aromatic rings. The molecular formula is C15H16F2N4OS. The highest BCUT2D eigenvalue weighted by atomic mass is 32.1. The Kier molecular flexibility index (Phi) is 4.25. The monoisotopic (exact) mass is 338 g/mol. The van der Waals surface area contributed by atoms with Gasteiger partial charge in [-0.1, -0.05) is 0 Å². The molecule has 1 aromatic carbocycles. The van der Waals surface area contributed by atoms with Gasteiger partial charge in [-0.15, -0.1) is 0 Å². The minimum Gasteiger partial charge on any atom is -0.343 e. The number of piperazine rings is 1. The van der Waals surface area contributed by atoms with Crippen LogP contribution in [0.15, 0.2) is 12.1 Å². The van der Waals surface area contributed by atoms with E-state index >= 15 is 0 Å². The van der Waals surface area contributed by atoms with E-state index in [0.717, 1.165) is 23.1 Å². The second kappa shape index (κ2) is 6.19. The second-order valence-corrected chi connectivity index (χ2v) is 6.21. The van der Waals surface area contributed by atoms with Crippen LogP contribution in [0.2, 0.25) is 0 Å². The van der Waals surface area contributed by atoms with E-state index in [2.05, 4.69) is 9.36 Å². The van der Waals surface area contributed by atoms with Crippen molar-refractivity contribution in [1.29, 1.82) is 0 Å². The molecule has 0 saturated carbocycles. The molecule has 0 radical (unpaired) electrons. The van der Waals surface area contributed by atoms with E-state index in [1.165, 1.54) is 23.4 Å². The van der Waals surface area contributed by atoms with Gasteiger partial charge in [0.05, 0.1) is 5.56 Å². The third-order valence-electron chi connectivity index (χ3n) is 3.83. The highest BCUT2D eigenvalue weighted by Crippen LogP contribution is 2.21. The Bertz CT molecular complexity index is 741. The van der Waals surface area contributed by atoms with Gasteiger partial charge >= 0.3 is 0 Å². The number of rotatable bonds is 2. The van der Waals surface area contributed by atoms with Gasteiger partial charge in [0.1, 0.15) is 17.5 Å². The molecule has 1 fully saturated rings. The smallest absolute Gasteiger partial charge is 0.257 e. The highest BCUT2D eigenvalue weighted by molar-refractivity contribution is 7.09. The van der Waals surface area contributed by atoms with Crippen LogP contribution >= 0.6 is 11.5 Å². The summed E-state index contributed by atoms with van der Waals surface area (Å²) in [5.74, 6) is -1.01. The van der Waals surface area contributed by atoms with Gasteiger partial charge in [-0.3, -0.25) is 4.79 Å². The van der Waals surface area contributed by atoms with Crippen molar-refractivity contribution < 1.29 is 13.6 Å². The maximum Gasteiger partial charge on any atom is 0.257 e. The molecule has 0 spiro atoms. The van der Waals surface area contributed by atoms with Crippen LogP contribution in [0.3, 0.4) is 0 Å². The zero-order valence-electron chi connectivity index (χ0n) is 12.8. The molecule has 0 bridgehead atoms. The van der Waals surface area contributed by atoms with Crippen molar-refractivity contribution in [3.8, 4) is 0 Å². The van der Waals surface area contributed by atoms with E-state index in [0.29, 0.717) is 26.2 Å². The van der Waals surface area contributed by atoms with Gasteiger partial charge in [-0.25, -0.2) is 13.8 Å².